The van der Waals surface area contributed by atoms with Crippen LogP contribution in [0.1, 0.15) is 6.42 Å². The lowest BCUT2D eigenvalue weighted by Gasteiger charge is -2.29. The summed E-state index contributed by atoms with van der Waals surface area (Å²) in [4.78, 5) is 28.5. The van der Waals surface area contributed by atoms with E-state index >= 15 is 0 Å². The number of carbonyl (C=O) groups is 2. The lowest BCUT2D eigenvalue weighted by atomic mass is 10.1. The van der Waals surface area contributed by atoms with Gasteiger partial charge in [0.2, 0.25) is 11.8 Å². The summed E-state index contributed by atoms with van der Waals surface area (Å²) < 4.78 is 10.5. The molecule has 0 aromatic heterocycles. The summed E-state index contributed by atoms with van der Waals surface area (Å²) in [6.07, 6.45) is 0.261. The highest BCUT2D eigenvalue weighted by Gasteiger charge is 2.37. The van der Waals surface area contributed by atoms with Crippen LogP contribution in [0.15, 0.2) is 18.2 Å². The number of rotatable bonds is 4. The Bertz CT molecular complexity index is 628. The molecule has 1 N–H and O–H groups in total. The first-order valence-electron chi connectivity index (χ1n) is 8.16. The Morgan fingerprint density at radius 1 is 1.17 bits per heavy atom. The normalized spacial score (nSPS) is 21.1. The van der Waals surface area contributed by atoms with E-state index in [1.165, 1.54) is 0 Å². The Kier molecular flexibility index (Phi) is 4.89. The predicted octanol–water partition coefficient (Wildman–Crippen LogP) is 0.489. The van der Waals surface area contributed by atoms with Gasteiger partial charge in [-0.1, -0.05) is 0 Å². The highest BCUT2D eigenvalue weighted by atomic mass is 16.5. The third-order valence-corrected chi connectivity index (χ3v) is 4.58. The van der Waals surface area contributed by atoms with Crippen LogP contribution in [0.3, 0.4) is 0 Å². The molecule has 1 atom stereocenters. The molecule has 0 spiro atoms. The Hall–Kier alpha value is -2.28. The average Bonchev–Trinajstić information content (AvgIpc) is 3.03. The maximum absolute atomic E-state index is 12.6. The molecule has 7 heteroatoms. The molecule has 2 saturated heterocycles. The van der Waals surface area contributed by atoms with Gasteiger partial charge in [-0.25, -0.2) is 0 Å². The summed E-state index contributed by atoms with van der Waals surface area (Å²) in [6.45, 7) is 3.45. The number of nitrogens with one attached hydrogen (secondary N) is 1. The minimum atomic E-state index is -0.274. The quantitative estimate of drug-likeness (QED) is 0.868. The van der Waals surface area contributed by atoms with Crippen molar-refractivity contribution in [3.05, 3.63) is 18.2 Å². The molecule has 1 aromatic rings. The monoisotopic (exact) mass is 333 g/mol. The van der Waals surface area contributed by atoms with Crippen molar-refractivity contribution in [2.75, 3.05) is 51.8 Å². The van der Waals surface area contributed by atoms with E-state index in [2.05, 4.69) is 5.32 Å². The molecule has 0 saturated carbocycles. The molecule has 7 nitrogen and oxygen atoms in total. The fourth-order valence-electron chi connectivity index (χ4n) is 3.26. The van der Waals surface area contributed by atoms with Crippen LogP contribution in [0.5, 0.6) is 11.5 Å². The summed E-state index contributed by atoms with van der Waals surface area (Å²) in [7, 11) is 3.13. The number of carbonyl (C=O) groups excluding carboxylic acids is 2. The number of piperazine rings is 1. The number of amides is 2. The molecule has 2 aliphatic rings. The van der Waals surface area contributed by atoms with Gasteiger partial charge in [-0.3, -0.25) is 9.59 Å². The molecule has 2 fully saturated rings. The van der Waals surface area contributed by atoms with Crippen LogP contribution in [0, 0.1) is 5.92 Å². The summed E-state index contributed by atoms with van der Waals surface area (Å²) in [5.74, 6) is 0.952. The van der Waals surface area contributed by atoms with Crippen LogP contribution in [0.4, 0.5) is 5.69 Å². The first-order chi connectivity index (χ1) is 11.6. The van der Waals surface area contributed by atoms with E-state index in [-0.39, 0.29) is 24.2 Å². The molecule has 130 valence electrons. The number of methoxy groups -OCH3 is 2. The summed E-state index contributed by atoms with van der Waals surface area (Å²) in [6, 6.07) is 5.36. The minimum absolute atomic E-state index is 0.0318. The van der Waals surface area contributed by atoms with Crippen molar-refractivity contribution in [1.29, 1.82) is 0 Å². The van der Waals surface area contributed by atoms with Gasteiger partial charge in [0.25, 0.3) is 0 Å². The van der Waals surface area contributed by atoms with E-state index in [0.717, 1.165) is 18.8 Å². The lowest BCUT2D eigenvalue weighted by Crippen LogP contribution is -2.48. The zero-order valence-corrected chi connectivity index (χ0v) is 14.1. The van der Waals surface area contributed by atoms with Crippen LogP contribution in [-0.4, -0.2) is 63.7 Å². The maximum Gasteiger partial charge on any atom is 0.228 e. The van der Waals surface area contributed by atoms with Gasteiger partial charge in [-0.2, -0.15) is 0 Å². The third kappa shape index (κ3) is 3.17. The van der Waals surface area contributed by atoms with Crippen molar-refractivity contribution in [1.82, 2.24) is 10.2 Å². The largest absolute Gasteiger partial charge is 0.493 e. The van der Waals surface area contributed by atoms with Gasteiger partial charge in [0.1, 0.15) is 0 Å². The molecule has 2 heterocycles. The highest BCUT2D eigenvalue weighted by molar-refractivity contribution is 6.00. The summed E-state index contributed by atoms with van der Waals surface area (Å²) in [5.41, 5.74) is 0.730. The van der Waals surface area contributed by atoms with Crippen LogP contribution >= 0.6 is 0 Å². The zero-order valence-electron chi connectivity index (χ0n) is 14.1. The van der Waals surface area contributed by atoms with Crippen molar-refractivity contribution in [2.45, 2.75) is 6.42 Å². The lowest BCUT2D eigenvalue weighted by molar-refractivity contribution is -0.136. The second kappa shape index (κ2) is 7.09. The van der Waals surface area contributed by atoms with Crippen molar-refractivity contribution in [3.8, 4) is 11.5 Å². The van der Waals surface area contributed by atoms with Crippen LogP contribution in [-0.2, 0) is 9.59 Å². The molecule has 0 aliphatic carbocycles. The van der Waals surface area contributed by atoms with Gasteiger partial charge >= 0.3 is 0 Å². The molecule has 1 aromatic carbocycles. The number of hydrogen-bond acceptors (Lipinski definition) is 5. The van der Waals surface area contributed by atoms with Crippen molar-refractivity contribution < 1.29 is 19.1 Å². The molecule has 3 rings (SSSR count). The van der Waals surface area contributed by atoms with Gasteiger partial charge < -0.3 is 24.6 Å². The van der Waals surface area contributed by atoms with Gasteiger partial charge in [-0.05, 0) is 12.1 Å². The standard InChI is InChI=1S/C17H23N3O4/c1-23-14-4-3-13(10-15(14)24-2)20-11-12(9-16(20)21)17(22)19-7-5-18-6-8-19/h3-4,10,12,18H,5-9,11H2,1-2H3. The van der Waals surface area contributed by atoms with Gasteiger partial charge in [0.15, 0.2) is 11.5 Å². The first-order valence-corrected chi connectivity index (χ1v) is 8.16. The smallest absolute Gasteiger partial charge is 0.228 e. The zero-order chi connectivity index (χ0) is 17.1. The fourth-order valence-corrected chi connectivity index (χ4v) is 3.26. The van der Waals surface area contributed by atoms with E-state index in [1.54, 1.807) is 31.3 Å². The molecule has 2 aliphatic heterocycles. The van der Waals surface area contributed by atoms with E-state index < -0.39 is 0 Å². The second-order valence-electron chi connectivity index (χ2n) is 6.02. The van der Waals surface area contributed by atoms with E-state index in [0.29, 0.717) is 31.1 Å². The van der Waals surface area contributed by atoms with E-state index in [4.69, 9.17) is 9.47 Å². The minimum Gasteiger partial charge on any atom is -0.493 e. The molecular formula is C17H23N3O4. The number of anilines is 1. The number of ether oxygens (including phenoxy) is 2. The van der Waals surface area contributed by atoms with Crippen LogP contribution in [0.2, 0.25) is 0 Å². The van der Waals surface area contributed by atoms with Crippen LogP contribution < -0.4 is 19.7 Å². The van der Waals surface area contributed by atoms with E-state index in [9.17, 15) is 9.59 Å². The second-order valence-corrected chi connectivity index (χ2v) is 6.02. The molecule has 0 bridgehead atoms. The molecule has 24 heavy (non-hydrogen) atoms. The molecular weight excluding hydrogens is 310 g/mol. The van der Waals surface area contributed by atoms with Crippen molar-refractivity contribution in [3.63, 3.8) is 0 Å². The van der Waals surface area contributed by atoms with E-state index in [1.807, 2.05) is 11.0 Å². The maximum atomic E-state index is 12.6. The van der Waals surface area contributed by atoms with Crippen LogP contribution in [0.25, 0.3) is 0 Å². The summed E-state index contributed by atoms with van der Waals surface area (Å²) in [5, 5.41) is 3.23. The fraction of sp³-hybridized carbons (Fsp3) is 0.529. The van der Waals surface area contributed by atoms with Gasteiger partial charge in [-0.15, -0.1) is 0 Å². The Morgan fingerprint density at radius 2 is 1.88 bits per heavy atom. The Labute approximate surface area is 141 Å². The van der Waals surface area contributed by atoms with Crippen molar-refractivity contribution in [2.24, 2.45) is 5.92 Å². The average molecular weight is 333 g/mol. The Balaban J connectivity index is 1.73. The highest BCUT2D eigenvalue weighted by Crippen LogP contribution is 2.34. The predicted molar refractivity (Wildman–Crippen MR) is 89.5 cm³/mol. The summed E-state index contributed by atoms with van der Waals surface area (Å²) >= 11 is 0. The topological polar surface area (TPSA) is 71.1 Å². The van der Waals surface area contributed by atoms with Crippen molar-refractivity contribution >= 4 is 17.5 Å². The molecule has 1 unspecified atom stereocenters. The Morgan fingerprint density at radius 3 is 2.54 bits per heavy atom. The molecule has 2 amide bonds. The number of benzene rings is 1. The number of hydrogen-bond donors (Lipinski definition) is 1. The SMILES string of the molecule is COc1ccc(N2CC(C(=O)N3CCNCC3)CC2=O)cc1OC. The number of nitrogens with zero attached hydrogens (tertiary/aromatic N) is 2. The van der Waals surface area contributed by atoms with Gasteiger partial charge in [0.05, 0.1) is 20.1 Å². The van der Waals surface area contributed by atoms with Gasteiger partial charge in [0, 0.05) is 50.9 Å². The third-order valence-electron chi connectivity index (χ3n) is 4.58. The molecule has 0 radical (unpaired) electrons. The first kappa shape index (κ1) is 16.6.